The molecule has 0 aliphatic heterocycles. The van der Waals surface area contributed by atoms with Crippen LogP contribution in [0.4, 0.5) is 0 Å². The van der Waals surface area contributed by atoms with Crippen LogP contribution in [-0.4, -0.2) is 44.5 Å². The molecule has 0 aliphatic carbocycles. The van der Waals surface area contributed by atoms with Crippen LogP contribution in [0, 0.1) is 0 Å². The Balaban J connectivity index is 0.000000586. The molecule has 360 valence electrons. The Hall–Kier alpha value is 0.900. The summed E-state index contributed by atoms with van der Waals surface area (Å²) in [7, 11) is 0. The van der Waals surface area contributed by atoms with E-state index in [4.69, 9.17) is 252 Å². The van der Waals surface area contributed by atoms with Gasteiger partial charge in [0.2, 0.25) is 19.0 Å². The smallest absolute Gasteiger partial charge is 0.210 e. The average Bonchev–Trinajstić information content (AvgIpc) is 3.19. The highest BCUT2D eigenvalue weighted by atomic mass is 35.6. The van der Waals surface area contributed by atoms with Crippen molar-refractivity contribution in [1.29, 1.82) is 0 Å². The maximum Gasteiger partial charge on any atom is 0.210 e. The highest BCUT2D eigenvalue weighted by Crippen LogP contribution is 2.64. The van der Waals surface area contributed by atoms with Crippen molar-refractivity contribution in [2.24, 2.45) is 0 Å². The third kappa shape index (κ3) is 22.5. The Bertz CT molecular complexity index is 1910. The summed E-state index contributed by atoms with van der Waals surface area (Å²) in [5.41, 5.74) is -2.29. The average molecular weight is 1300 g/mol. The number of phenols is 5. The van der Waals surface area contributed by atoms with Crippen LogP contribution < -0.4 is 0 Å². The number of benzene rings is 5. The van der Waals surface area contributed by atoms with E-state index in [1.807, 2.05) is 24.3 Å². The minimum atomic E-state index is -2.38. The number of hydrogen-bond donors (Lipinski definition) is 5. The zero-order valence-electron chi connectivity index (χ0n) is 31.7. The van der Waals surface area contributed by atoms with E-state index in [0.29, 0.717) is 23.0 Å². The Morgan fingerprint density at radius 1 is 0.246 bits per heavy atom. The van der Waals surface area contributed by atoms with E-state index in [0.717, 1.165) is 0 Å². The van der Waals surface area contributed by atoms with E-state index in [1.165, 1.54) is 0 Å². The second-order valence-electron chi connectivity index (χ2n) is 12.3. The van der Waals surface area contributed by atoms with Gasteiger partial charge in [0.05, 0.1) is 0 Å². The molecule has 0 aliphatic rings. The molecule has 0 fully saturated rings. The molecular weight excluding hydrogens is 1270 g/mol. The largest absolute Gasteiger partial charge is 0.508 e. The van der Waals surface area contributed by atoms with Crippen LogP contribution in [0.25, 0.3) is 0 Å². The first-order chi connectivity index (χ1) is 29.6. The van der Waals surface area contributed by atoms with Crippen molar-refractivity contribution in [2.45, 2.75) is 45.8 Å². The van der Waals surface area contributed by atoms with Crippen LogP contribution in [0.5, 0.6) is 28.7 Å². The molecule has 5 atom stereocenters. The van der Waals surface area contributed by atoms with Crippen molar-refractivity contribution < 1.29 is 25.5 Å². The lowest BCUT2D eigenvalue weighted by Gasteiger charge is -2.37. The Morgan fingerprint density at radius 2 is 0.385 bits per heavy atom. The van der Waals surface area contributed by atoms with Crippen LogP contribution in [0.3, 0.4) is 0 Å². The third-order valence-corrected chi connectivity index (χ3v) is 15.1. The molecule has 5 unspecified atom stereocenters. The Labute approximate surface area is 475 Å². The lowest BCUT2D eigenvalue weighted by Crippen LogP contribution is -2.29. The topological polar surface area (TPSA) is 101 Å². The molecule has 0 radical (unpaired) electrons. The monoisotopic (exact) mass is 1290 g/mol. The first-order valence-corrected chi connectivity index (χ1v) is 24.9. The maximum atomic E-state index is 11.5. The fourth-order valence-corrected chi connectivity index (χ4v) is 7.48. The van der Waals surface area contributed by atoms with Gasteiger partial charge in [-0.05, 0) is 65.2 Å². The summed E-state index contributed by atoms with van der Waals surface area (Å²) in [5.74, 6) is 0.384. The van der Waals surface area contributed by atoms with E-state index in [9.17, 15) is 5.11 Å². The summed E-state index contributed by atoms with van der Waals surface area (Å²) >= 11 is 124. The summed E-state index contributed by atoms with van der Waals surface area (Å²) in [4.78, 5) is 0. The molecule has 0 spiro atoms. The van der Waals surface area contributed by atoms with E-state index < -0.39 is 79.4 Å². The number of para-hydroxylation sites is 4. The van der Waals surface area contributed by atoms with E-state index in [1.54, 1.807) is 97.1 Å². The highest BCUT2D eigenvalue weighted by molar-refractivity contribution is 6.73. The fourth-order valence-electron chi connectivity index (χ4n) is 4.70. The SMILES string of the molecule is Oc1c(C(Cl)C(Cl)(Cl)Cl)c(C(Cl)C(Cl)(Cl)Cl)c(C(Cl)C(Cl)(Cl)Cl)c(C(Cl)C(Cl)(Cl)Cl)c1C(Cl)C(Cl)(Cl)Cl.Oc1ccccc1.Oc1ccccc1.Oc1ccccc1.Oc1ccccc1. The van der Waals surface area contributed by atoms with Crippen molar-refractivity contribution in [2.75, 3.05) is 0 Å². The van der Waals surface area contributed by atoms with Gasteiger partial charge in [-0.1, -0.05) is 247 Å². The molecule has 5 N–H and O–H groups in total. The first kappa shape index (κ1) is 63.9. The quantitative estimate of drug-likeness (QED) is 0.113. The predicted molar refractivity (Wildman–Crippen MR) is 285 cm³/mol. The number of rotatable bonds is 5. The summed E-state index contributed by atoms with van der Waals surface area (Å²) in [6, 6.07) is 34.9. The molecule has 0 amide bonds. The standard InChI is InChI=1S/C16H6Cl20O.4C6H6O/c17-7(12(22,23)24)1-2(8(18)13(25,26)27)4(10(20)15(31,32)33)6(37)5(11(21)16(34,35)36)3(1)9(19)14(28,29)30;4*7-6-4-2-1-3-5-6/h7-11,37H;4*1-5,7H. The van der Waals surface area contributed by atoms with Gasteiger partial charge in [0, 0.05) is 11.1 Å². The van der Waals surface area contributed by atoms with Gasteiger partial charge < -0.3 is 25.5 Å². The van der Waals surface area contributed by atoms with Crippen molar-refractivity contribution in [1.82, 2.24) is 0 Å². The van der Waals surface area contributed by atoms with E-state index >= 15 is 0 Å². The van der Waals surface area contributed by atoms with Gasteiger partial charge >= 0.3 is 0 Å². The molecule has 65 heavy (non-hydrogen) atoms. The highest BCUT2D eigenvalue weighted by Gasteiger charge is 2.51. The lowest BCUT2D eigenvalue weighted by atomic mass is 9.83. The van der Waals surface area contributed by atoms with Gasteiger partial charge in [-0.2, -0.15) is 0 Å². The van der Waals surface area contributed by atoms with Crippen LogP contribution in [0.15, 0.2) is 121 Å². The number of hydrogen-bond acceptors (Lipinski definition) is 5. The van der Waals surface area contributed by atoms with Crippen LogP contribution in [0.1, 0.15) is 54.7 Å². The van der Waals surface area contributed by atoms with Crippen molar-refractivity contribution in [3.63, 3.8) is 0 Å². The fraction of sp³-hybridized carbons (Fsp3) is 0.250. The van der Waals surface area contributed by atoms with Gasteiger partial charge in [0.15, 0.2) is 0 Å². The van der Waals surface area contributed by atoms with Crippen LogP contribution >= 0.6 is 232 Å². The molecule has 25 heteroatoms. The molecule has 0 heterocycles. The number of phenolic OH excluding ortho intramolecular Hbond substituents is 5. The Kier molecular flexibility index (Phi) is 28.3. The van der Waals surface area contributed by atoms with Gasteiger partial charge in [0.1, 0.15) is 55.6 Å². The van der Waals surface area contributed by atoms with E-state index in [-0.39, 0.29) is 0 Å². The normalized spacial score (nSPS) is 14.2. The van der Waals surface area contributed by atoms with Crippen LogP contribution in [-0.2, 0) is 0 Å². The number of aromatic hydroxyl groups is 5. The van der Waals surface area contributed by atoms with Gasteiger partial charge in [-0.3, -0.25) is 0 Å². The number of alkyl halides is 20. The molecule has 5 rings (SSSR count). The van der Waals surface area contributed by atoms with E-state index in [2.05, 4.69) is 0 Å². The van der Waals surface area contributed by atoms with Gasteiger partial charge in [-0.15, -0.1) is 58.0 Å². The molecule has 0 saturated heterocycles. The lowest BCUT2D eigenvalue weighted by molar-refractivity contribution is 0.455. The summed E-state index contributed by atoms with van der Waals surface area (Å²) < 4.78 is -11.9. The summed E-state index contributed by atoms with van der Waals surface area (Å²) in [6.07, 6.45) is 0. The first-order valence-electron chi connectivity index (χ1n) is 17.1. The minimum absolute atomic E-state index is 0.322. The molecule has 5 aromatic carbocycles. The van der Waals surface area contributed by atoms with Gasteiger partial charge in [-0.25, -0.2) is 0 Å². The zero-order chi connectivity index (χ0) is 50.3. The van der Waals surface area contributed by atoms with Crippen molar-refractivity contribution in [3.05, 3.63) is 149 Å². The maximum absolute atomic E-state index is 11.5. The summed E-state index contributed by atoms with van der Waals surface area (Å²) in [5, 5.41) is 37.2. The molecular formula is C40H30Cl20O5. The van der Waals surface area contributed by atoms with Crippen molar-refractivity contribution >= 4 is 232 Å². The number of halogens is 20. The molecule has 0 saturated carbocycles. The predicted octanol–water partition coefficient (Wildman–Crippen LogP) is 20.2. The Morgan fingerprint density at radius 3 is 0.508 bits per heavy atom. The third-order valence-electron chi connectivity index (χ3n) is 7.40. The second-order valence-corrected chi connectivity index (χ2v) is 26.3. The van der Waals surface area contributed by atoms with Gasteiger partial charge in [0.25, 0.3) is 0 Å². The molecule has 0 aromatic heterocycles. The zero-order valence-corrected chi connectivity index (χ0v) is 46.8. The minimum Gasteiger partial charge on any atom is -0.508 e. The second kappa shape index (κ2) is 28.8. The molecule has 5 nitrogen and oxygen atoms in total. The molecule has 0 bridgehead atoms. The summed E-state index contributed by atoms with van der Waals surface area (Å²) in [6.45, 7) is 0. The molecule has 5 aromatic rings. The van der Waals surface area contributed by atoms with Crippen LogP contribution in [0.2, 0.25) is 0 Å². The van der Waals surface area contributed by atoms with Crippen molar-refractivity contribution in [3.8, 4) is 28.7 Å².